The van der Waals surface area contributed by atoms with Crippen LogP contribution in [0.5, 0.6) is 0 Å². The smallest absolute Gasteiger partial charge is 0.337 e. The van der Waals surface area contributed by atoms with Crippen LogP contribution in [0.2, 0.25) is 0 Å². The van der Waals surface area contributed by atoms with E-state index in [0.717, 1.165) is 29.0 Å². The zero-order valence-corrected chi connectivity index (χ0v) is 11.6. The van der Waals surface area contributed by atoms with Crippen LogP contribution in [-0.4, -0.2) is 32.1 Å². The van der Waals surface area contributed by atoms with E-state index in [0.29, 0.717) is 11.6 Å². The fourth-order valence-corrected chi connectivity index (χ4v) is 3.94. The van der Waals surface area contributed by atoms with Gasteiger partial charge in [-0.3, -0.25) is 0 Å². The molecule has 4 nitrogen and oxygen atoms in total. The van der Waals surface area contributed by atoms with Gasteiger partial charge < -0.3 is 9.67 Å². The average molecular weight is 276 g/mol. The van der Waals surface area contributed by atoms with Crippen molar-refractivity contribution in [3.8, 4) is 0 Å². The molecular weight excluding hydrogens is 260 g/mol. The van der Waals surface area contributed by atoms with E-state index in [1.807, 2.05) is 24.8 Å². The number of hydrogen-bond donors (Lipinski definition) is 1. The first-order chi connectivity index (χ1) is 9.18. The van der Waals surface area contributed by atoms with Gasteiger partial charge in [-0.25, -0.2) is 9.78 Å². The third-order valence-electron chi connectivity index (χ3n) is 3.62. The molecule has 1 fully saturated rings. The monoisotopic (exact) mass is 276 g/mol. The number of carboxylic acids is 1. The Morgan fingerprint density at radius 3 is 3.05 bits per heavy atom. The molecule has 1 aliphatic rings. The SMILES string of the molecule is Cc1nc2cccc(C(=O)O)c2n1C1CCCSC1. The maximum atomic E-state index is 11.4. The van der Waals surface area contributed by atoms with Crippen molar-refractivity contribution in [2.45, 2.75) is 25.8 Å². The Morgan fingerprint density at radius 2 is 2.37 bits per heavy atom. The van der Waals surface area contributed by atoms with Crippen molar-refractivity contribution < 1.29 is 9.90 Å². The van der Waals surface area contributed by atoms with Gasteiger partial charge in [0.25, 0.3) is 0 Å². The summed E-state index contributed by atoms with van der Waals surface area (Å²) in [6.07, 6.45) is 2.29. The number of para-hydroxylation sites is 1. The number of fused-ring (bicyclic) bond motifs is 1. The molecule has 1 N–H and O–H groups in total. The summed E-state index contributed by atoms with van der Waals surface area (Å²) in [5.41, 5.74) is 1.92. The second-order valence-electron chi connectivity index (χ2n) is 4.88. The molecule has 5 heteroatoms. The van der Waals surface area contributed by atoms with Crippen LogP contribution in [0, 0.1) is 6.92 Å². The second kappa shape index (κ2) is 4.89. The molecule has 1 aromatic carbocycles. The number of aryl methyl sites for hydroxylation is 1. The third kappa shape index (κ3) is 2.12. The molecule has 0 amide bonds. The largest absolute Gasteiger partial charge is 0.478 e. The normalized spacial score (nSPS) is 19.7. The van der Waals surface area contributed by atoms with Gasteiger partial charge in [0.15, 0.2) is 0 Å². The first-order valence-electron chi connectivity index (χ1n) is 6.47. The van der Waals surface area contributed by atoms with Crippen molar-refractivity contribution in [3.05, 3.63) is 29.6 Å². The highest BCUT2D eigenvalue weighted by molar-refractivity contribution is 7.99. The quantitative estimate of drug-likeness (QED) is 0.915. The molecule has 0 spiro atoms. The molecule has 19 heavy (non-hydrogen) atoms. The third-order valence-corrected chi connectivity index (χ3v) is 4.82. The van der Waals surface area contributed by atoms with E-state index >= 15 is 0 Å². The molecule has 0 saturated carbocycles. The van der Waals surface area contributed by atoms with E-state index in [-0.39, 0.29) is 0 Å². The fourth-order valence-electron chi connectivity index (χ4n) is 2.81. The Bertz CT molecular complexity index is 630. The molecule has 0 aliphatic carbocycles. The summed E-state index contributed by atoms with van der Waals surface area (Å²) in [6, 6.07) is 5.68. The predicted octanol–water partition coefficient (Wildman–Crippen LogP) is 3.11. The standard InChI is InChI=1S/C14H16N2O2S/c1-9-15-12-6-2-5-11(14(17)18)13(12)16(9)10-4-3-7-19-8-10/h2,5-6,10H,3-4,7-8H2,1H3,(H,17,18). The number of imidazole rings is 1. The van der Waals surface area contributed by atoms with Crippen LogP contribution in [0.1, 0.15) is 35.1 Å². The number of hydrogen-bond acceptors (Lipinski definition) is 3. The summed E-state index contributed by atoms with van der Waals surface area (Å²) in [6.45, 7) is 1.96. The summed E-state index contributed by atoms with van der Waals surface area (Å²) in [5.74, 6) is 2.28. The maximum absolute atomic E-state index is 11.4. The van der Waals surface area contributed by atoms with Gasteiger partial charge in [-0.15, -0.1) is 0 Å². The Morgan fingerprint density at radius 1 is 1.53 bits per heavy atom. The minimum atomic E-state index is -0.879. The maximum Gasteiger partial charge on any atom is 0.337 e. The summed E-state index contributed by atoms with van der Waals surface area (Å²) in [7, 11) is 0. The Labute approximate surface area is 115 Å². The molecule has 2 heterocycles. The van der Waals surface area contributed by atoms with Crippen molar-refractivity contribution in [1.29, 1.82) is 0 Å². The summed E-state index contributed by atoms with van der Waals surface area (Å²) in [4.78, 5) is 15.9. The van der Waals surface area contributed by atoms with Crippen LogP contribution in [0.25, 0.3) is 11.0 Å². The molecule has 0 radical (unpaired) electrons. The van der Waals surface area contributed by atoms with Crippen molar-refractivity contribution in [3.63, 3.8) is 0 Å². The Balaban J connectivity index is 2.21. The lowest BCUT2D eigenvalue weighted by Crippen LogP contribution is -2.18. The number of carboxylic acid groups (broad SMARTS) is 1. The highest BCUT2D eigenvalue weighted by Gasteiger charge is 2.23. The Kier molecular flexibility index (Phi) is 3.22. The highest BCUT2D eigenvalue weighted by Crippen LogP contribution is 2.32. The van der Waals surface area contributed by atoms with Crippen molar-refractivity contribution in [2.75, 3.05) is 11.5 Å². The molecule has 0 bridgehead atoms. The van der Waals surface area contributed by atoms with Gasteiger partial charge in [-0.2, -0.15) is 11.8 Å². The molecule has 3 rings (SSSR count). The predicted molar refractivity (Wildman–Crippen MR) is 77.0 cm³/mol. The number of rotatable bonds is 2. The summed E-state index contributed by atoms with van der Waals surface area (Å²) < 4.78 is 2.13. The van der Waals surface area contributed by atoms with Gasteiger partial charge in [0, 0.05) is 11.8 Å². The van der Waals surface area contributed by atoms with Crippen LogP contribution in [0.15, 0.2) is 18.2 Å². The molecule has 1 aromatic heterocycles. The highest BCUT2D eigenvalue weighted by atomic mass is 32.2. The molecule has 1 atom stereocenters. The fraction of sp³-hybridized carbons (Fsp3) is 0.429. The van der Waals surface area contributed by atoms with Crippen LogP contribution in [0.3, 0.4) is 0 Å². The van der Waals surface area contributed by atoms with Gasteiger partial charge >= 0.3 is 5.97 Å². The van der Waals surface area contributed by atoms with Crippen LogP contribution < -0.4 is 0 Å². The van der Waals surface area contributed by atoms with E-state index in [1.54, 1.807) is 12.1 Å². The lowest BCUT2D eigenvalue weighted by Gasteiger charge is -2.25. The molecule has 100 valence electrons. The lowest BCUT2D eigenvalue weighted by molar-refractivity contribution is 0.0698. The zero-order chi connectivity index (χ0) is 13.4. The number of aromatic carboxylic acids is 1. The first-order valence-corrected chi connectivity index (χ1v) is 7.62. The van der Waals surface area contributed by atoms with Gasteiger partial charge in [-0.1, -0.05) is 6.07 Å². The number of nitrogens with zero attached hydrogens (tertiary/aromatic N) is 2. The molecule has 2 aromatic rings. The van der Waals surface area contributed by atoms with Crippen LogP contribution in [0.4, 0.5) is 0 Å². The van der Waals surface area contributed by atoms with Gasteiger partial charge in [0.1, 0.15) is 5.82 Å². The van der Waals surface area contributed by atoms with Crippen molar-refractivity contribution in [1.82, 2.24) is 9.55 Å². The van der Waals surface area contributed by atoms with E-state index in [4.69, 9.17) is 0 Å². The van der Waals surface area contributed by atoms with Gasteiger partial charge in [0.05, 0.1) is 16.6 Å². The molecule has 1 unspecified atom stereocenters. The summed E-state index contributed by atoms with van der Waals surface area (Å²) in [5, 5.41) is 9.37. The molecule has 1 aliphatic heterocycles. The zero-order valence-electron chi connectivity index (χ0n) is 10.8. The van der Waals surface area contributed by atoms with E-state index in [1.165, 1.54) is 12.2 Å². The lowest BCUT2D eigenvalue weighted by atomic mass is 10.1. The molecule has 1 saturated heterocycles. The van der Waals surface area contributed by atoms with E-state index in [2.05, 4.69) is 9.55 Å². The number of benzene rings is 1. The van der Waals surface area contributed by atoms with Crippen molar-refractivity contribution in [2.24, 2.45) is 0 Å². The molecular formula is C14H16N2O2S. The first kappa shape index (κ1) is 12.5. The van der Waals surface area contributed by atoms with Crippen LogP contribution >= 0.6 is 11.8 Å². The van der Waals surface area contributed by atoms with Gasteiger partial charge in [-0.05, 0) is 37.7 Å². The van der Waals surface area contributed by atoms with Gasteiger partial charge in [0.2, 0.25) is 0 Å². The minimum absolute atomic E-state index is 0.355. The number of aromatic nitrogens is 2. The average Bonchev–Trinajstić information content (AvgIpc) is 2.75. The Hall–Kier alpha value is -1.49. The number of carbonyl (C=O) groups is 1. The van der Waals surface area contributed by atoms with E-state index < -0.39 is 5.97 Å². The topological polar surface area (TPSA) is 55.1 Å². The summed E-state index contributed by atoms with van der Waals surface area (Å²) >= 11 is 1.94. The van der Waals surface area contributed by atoms with Crippen LogP contribution in [-0.2, 0) is 0 Å². The minimum Gasteiger partial charge on any atom is -0.478 e. The second-order valence-corrected chi connectivity index (χ2v) is 6.03. The number of thioether (sulfide) groups is 1. The van der Waals surface area contributed by atoms with Crippen molar-refractivity contribution >= 4 is 28.8 Å². The van der Waals surface area contributed by atoms with E-state index in [9.17, 15) is 9.90 Å².